The minimum atomic E-state index is -0.0528. The maximum atomic E-state index is 12.3. The van der Waals surface area contributed by atoms with Crippen molar-refractivity contribution in [2.75, 3.05) is 32.0 Å². The van der Waals surface area contributed by atoms with Gasteiger partial charge in [-0.3, -0.25) is 4.90 Å². The fourth-order valence-corrected chi connectivity index (χ4v) is 4.44. The minimum Gasteiger partial charge on any atom is -0.361 e. The maximum Gasteiger partial charge on any atom is 0.321 e. The number of anilines is 1. The Balaban J connectivity index is 1.57. The zero-order chi connectivity index (χ0) is 18.8. The van der Waals surface area contributed by atoms with E-state index in [2.05, 4.69) is 46.5 Å². The monoisotopic (exact) mass is 366 g/mol. The quantitative estimate of drug-likeness (QED) is 0.825. The molecule has 1 fully saturated rings. The van der Waals surface area contributed by atoms with Crippen LogP contribution in [-0.4, -0.2) is 53.5 Å². The fraction of sp³-hybridized carbons (Fsp3) is 0.500. The highest BCUT2D eigenvalue weighted by molar-refractivity contribution is 5.97. The Hall–Kier alpha value is -2.27. The molecule has 5 nitrogen and oxygen atoms in total. The molecule has 2 amide bonds. The molecule has 2 N–H and O–H groups in total. The van der Waals surface area contributed by atoms with Gasteiger partial charge in [0.1, 0.15) is 0 Å². The van der Waals surface area contributed by atoms with E-state index in [1.807, 2.05) is 13.1 Å². The van der Waals surface area contributed by atoms with Crippen LogP contribution in [0.5, 0.6) is 0 Å². The summed E-state index contributed by atoms with van der Waals surface area (Å²) in [6.07, 6.45) is 10.6. The molecule has 0 aliphatic carbocycles. The second-order valence-corrected chi connectivity index (χ2v) is 7.89. The van der Waals surface area contributed by atoms with Gasteiger partial charge in [0.2, 0.25) is 0 Å². The number of rotatable bonds is 4. The molecule has 2 aromatic rings. The molecule has 5 heteroatoms. The van der Waals surface area contributed by atoms with Crippen molar-refractivity contribution in [2.24, 2.45) is 0 Å². The number of aromatic amines is 1. The predicted molar refractivity (Wildman–Crippen MR) is 112 cm³/mol. The van der Waals surface area contributed by atoms with Gasteiger partial charge >= 0.3 is 6.03 Å². The van der Waals surface area contributed by atoms with Gasteiger partial charge in [-0.15, -0.1) is 0 Å². The maximum absolute atomic E-state index is 12.3. The van der Waals surface area contributed by atoms with Crippen molar-refractivity contribution in [3.8, 4) is 0 Å². The number of piperidine rings is 1. The van der Waals surface area contributed by atoms with Crippen LogP contribution in [0.15, 0.2) is 30.5 Å². The SMILES string of the molecule is CCCN(C)C(=O)Nc1ccc2[nH]cc(C3=CCN4CCCCC4C3)c2c1. The van der Waals surface area contributed by atoms with Crippen molar-refractivity contribution >= 4 is 28.2 Å². The van der Waals surface area contributed by atoms with Gasteiger partial charge in [-0.2, -0.15) is 0 Å². The molecule has 1 aromatic carbocycles. The number of benzene rings is 1. The first-order valence-electron chi connectivity index (χ1n) is 10.2. The highest BCUT2D eigenvalue weighted by Gasteiger charge is 2.27. The Bertz CT molecular complexity index is 853. The van der Waals surface area contributed by atoms with E-state index < -0.39 is 0 Å². The van der Waals surface area contributed by atoms with Gasteiger partial charge < -0.3 is 15.2 Å². The van der Waals surface area contributed by atoms with E-state index in [0.717, 1.165) is 37.1 Å². The number of fused-ring (bicyclic) bond motifs is 2. The number of amides is 2. The van der Waals surface area contributed by atoms with Crippen LogP contribution < -0.4 is 5.32 Å². The van der Waals surface area contributed by atoms with Crippen LogP contribution in [0.25, 0.3) is 16.5 Å². The Morgan fingerprint density at radius 1 is 1.37 bits per heavy atom. The normalized spacial score (nSPS) is 20.2. The molecule has 2 aliphatic rings. The molecule has 1 aromatic heterocycles. The Morgan fingerprint density at radius 3 is 3.11 bits per heavy atom. The molecule has 2 aliphatic heterocycles. The number of hydrogen-bond acceptors (Lipinski definition) is 2. The average Bonchev–Trinajstić information content (AvgIpc) is 3.11. The number of H-pyrrole nitrogens is 1. The summed E-state index contributed by atoms with van der Waals surface area (Å²) in [4.78, 5) is 20.1. The van der Waals surface area contributed by atoms with Gasteiger partial charge in [0.25, 0.3) is 0 Å². The highest BCUT2D eigenvalue weighted by atomic mass is 16.2. The molecule has 144 valence electrons. The third-order valence-corrected chi connectivity index (χ3v) is 5.96. The number of aromatic nitrogens is 1. The first kappa shape index (κ1) is 18.1. The lowest BCUT2D eigenvalue weighted by Gasteiger charge is -2.38. The fourth-order valence-electron chi connectivity index (χ4n) is 4.44. The lowest BCUT2D eigenvalue weighted by Crippen LogP contribution is -2.41. The summed E-state index contributed by atoms with van der Waals surface area (Å²) < 4.78 is 0. The van der Waals surface area contributed by atoms with Crippen LogP contribution in [0.3, 0.4) is 0 Å². The molecule has 0 spiro atoms. The van der Waals surface area contributed by atoms with Crippen molar-refractivity contribution in [3.63, 3.8) is 0 Å². The van der Waals surface area contributed by atoms with E-state index in [0.29, 0.717) is 6.04 Å². The zero-order valence-electron chi connectivity index (χ0n) is 16.4. The molecule has 0 bridgehead atoms. The summed E-state index contributed by atoms with van der Waals surface area (Å²) >= 11 is 0. The second kappa shape index (κ2) is 7.77. The van der Waals surface area contributed by atoms with Crippen molar-refractivity contribution in [1.82, 2.24) is 14.8 Å². The van der Waals surface area contributed by atoms with Crippen molar-refractivity contribution in [1.29, 1.82) is 0 Å². The van der Waals surface area contributed by atoms with Crippen LogP contribution in [0.1, 0.15) is 44.6 Å². The Kier molecular flexibility index (Phi) is 5.21. The molecule has 0 saturated carbocycles. The van der Waals surface area contributed by atoms with Crippen LogP contribution >= 0.6 is 0 Å². The number of nitrogens with one attached hydrogen (secondary N) is 2. The topological polar surface area (TPSA) is 51.4 Å². The van der Waals surface area contributed by atoms with Gasteiger partial charge in [0.05, 0.1) is 0 Å². The van der Waals surface area contributed by atoms with Crippen LogP contribution in [-0.2, 0) is 0 Å². The molecular weight excluding hydrogens is 336 g/mol. The zero-order valence-corrected chi connectivity index (χ0v) is 16.4. The van der Waals surface area contributed by atoms with Crippen molar-refractivity contribution in [2.45, 2.75) is 45.1 Å². The van der Waals surface area contributed by atoms with E-state index >= 15 is 0 Å². The first-order chi connectivity index (χ1) is 13.2. The molecule has 3 heterocycles. The van der Waals surface area contributed by atoms with E-state index in [1.165, 1.54) is 42.3 Å². The molecule has 27 heavy (non-hydrogen) atoms. The summed E-state index contributed by atoms with van der Waals surface area (Å²) in [5, 5.41) is 4.23. The van der Waals surface area contributed by atoms with Crippen LogP contribution in [0, 0.1) is 0 Å². The van der Waals surface area contributed by atoms with E-state index in [4.69, 9.17) is 0 Å². The number of nitrogens with zero attached hydrogens (tertiary/aromatic N) is 2. The predicted octanol–water partition coefficient (Wildman–Crippen LogP) is 4.68. The first-order valence-corrected chi connectivity index (χ1v) is 10.2. The average molecular weight is 367 g/mol. The number of carbonyl (C=O) groups excluding carboxylic acids is 1. The van der Waals surface area contributed by atoms with Crippen LogP contribution in [0.4, 0.5) is 10.5 Å². The third kappa shape index (κ3) is 3.74. The molecule has 4 rings (SSSR count). The van der Waals surface area contributed by atoms with Crippen molar-refractivity contribution in [3.05, 3.63) is 36.0 Å². The van der Waals surface area contributed by atoms with Gasteiger partial charge in [-0.25, -0.2) is 4.79 Å². The Morgan fingerprint density at radius 2 is 2.26 bits per heavy atom. The van der Waals surface area contributed by atoms with Gasteiger partial charge in [0, 0.05) is 54.5 Å². The third-order valence-electron chi connectivity index (χ3n) is 5.96. The van der Waals surface area contributed by atoms with E-state index in [-0.39, 0.29) is 6.03 Å². The number of hydrogen-bond donors (Lipinski definition) is 2. The van der Waals surface area contributed by atoms with E-state index in [9.17, 15) is 4.79 Å². The summed E-state index contributed by atoms with van der Waals surface area (Å²) in [5.74, 6) is 0. The molecule has 0 radical (unpaired) electrons. The lowest BCUT2D eigenvalue weighted by atomic mass is 9.89. The summed E-state index contributed by atoms with van der Waals surface area (Å²) in [6.45, 7) is 5.14. The minimum absolute atomic E-state index is 0.0528. The van der Waals surface area contributed by atoms with Crippen molar-refractivity contribution < 1.29 is 4.79 Å². The molecular formula is C22H30N4O. The Labute approximate surface area is 161 Å². The summed E-state index contributed by atoms with van der Waals surface area (Å²) in [6, 6.07) is 6.77. The molecule has 1 saturated heterocycles. The van der Waals surface area contributed by atoms with Gasteiger partial charge in [-0.1, -0.05) is 19.4 Å². The van der Waals surface area contributed by atoms with Gasteiger partial charge in [0.15, 0.2) is 0 Å². The highest BCUT2D eigenvalue weighted by Crippen LogP contribution is 2.35. The van der Waals surface area contributed by atoms with Gasteiger partial charge in [-0.05, 0) is 56.0 Å². The number of urea groups is 1. The molecule has 1 unspecified atom stereocenters. The summed E-state index contributed by atoms with van der Waals surface area (Å²) in [5.41, 5.74) is 4.70. The smallest absolute Gasteiger partial charge is 0.321 e. The second-order valence-electron chi connectivity index (χ2n) is 7.89. The summed E-state index contributed by atoms with van der Waals surface area (Å²) in [7, 11) is 1.84. The lowest BCUT2D eigenvalue weighted by molar-refractivity contribution is 0.161. The number of carbonyl (C=O) groups is 1. The van der Waals surface area contributed by atoms with E-state index in [1.54, 1.807) is 4.90 Å². The van der Waals surface area contributed by atoms with Crippen LogP contribution in [0.2, 0.25) is 0 Å². The molecule has 1 atom stereocenters. The standard InChI is InChI=1S/C22H30N4O/c1-3-10-25(2)22(27)24-17-7-8-21-19(14-17)20(15-23-21)16-9-12-26-11-5-4-6-18(26)13-16/h7-9,14-15,18,23H,3-6,10-13H2,1-2H3,(H,24,27). The largest absolute Gasteiger partial charge is 0.361 e.